The van der Waals surface area contributed by atoms with Crippen LogP contribution in [-0.2, 0) is 14.3 Å². The Morgan fingerprint density at radius 1 is 0.846 bits per heavy atom. The van der Waals surface area contributed by atoms with Crippen LogP contribution in [0.1, 0.15) is 104 Å². The molecule has 26 heavy (non-hydrogen) atoms. The second-order valence-electron chi connectivity index (χ2n) is 7.01. The minimum absolute atomic E-state index is 0.342. The van der Waals surface area contributed by atoms with Crippen LogP contribution < -0.4 is 0 Å². The second-order valence-corrected chi connectivity index (χ2v) is 7.01. The van der Waals surface area contributed by atoms with E-state index < -0.39 is 18.0 Å². The molecular weight excluding hydrogens is 332 g/mol. The van der Waals surface area contributed by atoms with Gasteiger partial charge in [-0.05, 0) is 25.8 Å². The summed E-state index contributed by atoms with van der Waals surface area (Å²) in [6, 6.07) is 0. The number of unbranched alkanes of at least 4 members (excludes halogenated alkanes) is 13. The largest absolute Gasteiger partial charge is 0.479 e. The van der Waals surface area contributed by atoms with Crippen molar-refractivity contribution in [1.29, 1.82) is 0 Å². The fourth-order valence-electron chi connectivity index (χ4n) is 2.82. The molecule has 0 bridgehead atoms. The summed E-state index contributed by atoms with van der Waals surface area (Å²) in [4.78, 5) is 21.7. The van der Waals surface area contributed by atoms with Gasteiger partial charge in [-0.3, -0.25) is 0 Å². The highest BCUT2D eigenvalue weighted by atomic mass is 16.6. The number of hydrogen-bond acceptors (Lipinski definition) is 4. The molecule has 0 saturated carbocycles. The predicted molar refractivity (Wildman–Crippen MR) is 104 cm³/mol. The van der Waals surface area contributed by atoms with Crippen LogP contribution in [0.15, 0.2) is 11.8 Å². The predicted octanol–water partition coefficient (Wildman–Crippen LogP) is 5.36. The van der Waals surface area contributed by atoms with Crippen LogP contribution in [0, 0.1) is 0 Å². The lowest BCUT2D eigenvalue weighted by atomic mass is 10.0. The molecule has 2 N–H and O–H groups in total. The van der Waals surface area contributed by atoms with Crippen LogP contribution in [0.4, 0.5) is 0 Å². The Morgan fingerprint density at radius 2 is 1.27 bits per heavy atom. The molecule has 0 fully saturated rings. The number of hydrogen-bond donors (Lipinski definition) is 2. The number of ether oxygens (including phenoxy) is 1. The SMILES string of the molecule is CCCCCCCCCCCCCCC/C=C(/C)OC(=O)C(O)C(=O)O. The van der Waals surface area contributed by atoms with E-state index in [4.69, 9.17) is 14.9 Å². The van der Waals surface area contributed by atoms with Crippen LogP contribution in [0.25, 0.3) is 0 Å². The maximum absolute atomic E-state index is 11.2. The maximum atomic E-state index is 11.2. The van der Waals surface area contributed by atoms with E-state index in [0.717, 1.165) is 19.3 Å². The first-order chi connectivity index (χ1) is 12.5. The summed E-state index contributed by atoms with van der Waals surface area (Å²) in [5.41, 5.74) is 0. The molecule has 0 aliphatic carbocycles. The lowest BCUT2D eigenvalue weighted by Crippen LogP contribution is -2.30. The van der Waals surface area contributed by atoms with Gasteiger partial charge in [-0.2, -0.15) is 0 Å². The molecule has 0 radical (unpaired) electrons. The summed E-state index contributed by atoms with van der Waals surface area (Å²) in [7, 11) is 0. The fourth-order valence-corrected chi connectivity index (χ4v) is 2.82. The van der Waals surface area contributed by atoms with E-state index in [9.17, 15) is 9.59 Å². The Morgan fingerprint density at radius 3 is 1.69 bits per heavy atom. The van der Waals surface area contributed by atoms with Gasteiger partial charge in [0.05, 0.1) is 0 Å². The van der Waals surface area contributed by atoms with Gasteiger partial charge in [-0.15, -0.1) is 0 Å². The Kier molecular flexibility index (Phi) is 16.2. The quantitative estimate of drug-likeness (QED) is 0.156. The highest BCUT2D eigenvalue weighted by Crippen LogP contribution is 2.13. The van der Waals surface area contributed by atoms with Crippen LogP contribution in [0.5, 0.6) is 0 Å². The first-order valence-corrected chi connectivity index (χ1v) is 10.3. The lowest BCUT2D eigenvalue weighted by Gasteiger charge is -2.06. The van der Waals surface area contributed by atoms with Crippen molar-refractivity contribution in [2.45, 2.75) is 110 Å². The number of allylic oxidation sites excluding steroid dienone is 2. The van der Waals surface area contributed by atoms with Gasteiger partial charge in [0.2, 0.25) is 6.10 Å². The average Bonchev–Trinajstić information content (AvgIpc) is 2.61. The number of rotatable bonds is 17. The summed E-state index contributed by atoms with van der Waals surface area (Å²) < 4.78 is 4.78. The molecule has 0 heterocycles. The Labute approximate surface area is 158 Å². The molecule has 5 heteroatoms. The van der Waals surface area contributed by atoms with E-state index in [1.54, 1.807) is 13.0 Å². The van der Waals surface area contributed by atoms with E-state index in [2.05, 4.69) is 6.92 Å². The van der Waals surface area contributed by atoms with E-state index in [1.165, 1.54) is 70.6 Å². The van der Waals surface area contributed by atoms with E-state index in [1.807, 2.05) is 0 Å². The van der Waals surface area contributed by atoms with Crippen LogP contribution in [-0.4, -0.2) is 28.3 Å². The van der Waals surface area contributed by atoms with Crippen molar-refractivity contribution in [3.63, 3.8) is 0 Å². The smallest absolute Gasteiger partial charge is 0.351 e. The molecule has 0 spiro atoms. The third-order valence-corrected chi connectivity index (χ3v) is 4.46. The minimum Gasteiger partial charge on any atom is -0.479 e. The second kappa shape index (κ2) is 17.1. The lowest BCUT2D eigenvalue weighted by molar-refractivity contribution is -0.162. The first kappa shape index (κ1) is 24.6. The number of esters is 1. The summed E-state index contributed by atoms with van der Waals surface area (Å²) in [5, 5.41) is 17.5. The van der Waals surface area contributed by atoms with Gasteiger partial charge in [-0.25, -0.2) is 9.59 Å². The Balaban J connectivity index is 3.44. The van der Waals surface area contributed by atoms with Gasteiger partial charge in [0.15, 0.2) is 0 Å². The van der Waals surface area contributed by atoms with Gasteiger partial charge < -0.3 is 14.9 Å². The molecule has 5 nitrogen and oxygen atoms in total. The van der Waals surface area contributed by atoms with Gasteiger partial charge in [-0.1, -0.05) is 84.0 Å². The molecule has 0 amide bonds. The highest BCUT2D eigenvalue weighted by Gasteiger charge is 2.24. The zero-order valence-corrected chi connectivity index (χ0v) is 16.7. The molecule has 0 saturated heterocycles. The van der Waals surface area contributed by atoms with Crippen molar-refractivity contribution in [2.75, 3.05) is 0 Å². The van der Waals surface area contributed by atoms with Gasteiger partial charge in [0.25, 0.3) is 0 Å². The highest BCUT2D eigenvalue weighted by molar-refractivity contribution is 5.96. The summed E-state index contributed by atoms with van der Waals surface area (Å²) in [5.74, 6) is -2.40. The first-order valence-electron chi connectivity index (χ1n) is 10.3. The van der Waals surface area contributed by atoms with Crippen molar-refractivity contribution < 1.29 is 24.5 Å². The molecule has 152 valence electrons. The topological polar surface area (TPSA) is 83.8 Å². The zero-order valence-electron chi connectivity index (χ0n) is 16.7. The molecule has 1 atom stereocenters. The van der Waals surface area contributed by atoms with Crippen molar-refractivity contribution in [3.8, 4) is 0 Å². The summed E-state index contributed by atoms with van der Waals surface area (Å²) in [6.45, 7) is 3.84. The molecule has 0 aromatic rings. The van der Waals surface area contributed by atoms with Crippen molar-refractivity contribution in [3.05, 3.63) is 11.8 Å². The van der Waals surface area contributed by atoms with E-state index in [-0.39, 0.29) is 0 Å². The number of carbonyl (C=O) groups excluding carboxylic acids is 1. The monoisotopic (exact) mass is 370 g/mol. The number of aliphatic carboxylic acids is 1. The number of aliphatic hydroxyl groups is 1. The average molecular weight is 371 g/mol. The van der Waals surface area contributed by atoms with Crippen LogP contribution >= 0.6 is 0 Å². The molecule has 0 rings (SSSR count). The number of carboxylic acids is 1. The Bertz CT molecular complexity index is 403. The summed E-state index contributed by atoms with van der Waals surface area (Å²) >= 11 is 0. The zero-order chi connectivity index (χ0) is 19.6. The van der Waals surface area contributed by atoms with Gasteiger partial charge in [0, 0.05) is 0 Å². The number of aliphatic hydroxyl groups excluding tert-OH is 1. The fraction of sp³-hybridized carbons (Fsp3) is 0.810. The van der Waals surface area contributed by atoms with Crippen molar-refractivity contribution >= 4 is 11.9 Å². The molecule has 0 aromatic heterocycles. The molecule has 0 aliphatic rings. The number of carbonyl (C=O) groups is 2. The summed E-state index contributed by atoms with van der Waals surface area (Å²) in [6.07, 6.45) is 17.4. The minimum atomic E-state index is -2.12. The third-order valence-electron chi connectivity index (χ3n) is 4.46. The number of carboxylic acid groups (broad SMARTS) is 1. The molecule has 0 aliphatic heterocycles. The third kappa shape index (κ3) is 14.9. The van der Waals surface area contributed by atoms with E-state index >= 15 is 0 Å². The Hall–Kier alpha value is -1.36. The van der Waals surface area contributed by atoms with Crippen LogP contribution in [0.2, 0.25) is 0 Å². The van der Waals surface area contributed by atoms with Crippen molar-refractivity contribution in [1.82, 2.24) is 0 Å². The molecular formula is C21H38O5. The maximum Gasteiger partial charge on any atom is 0.351 e. The standard InChI is InChI=1S/C21H38O5/c1-3-4-5-6-7-8-9-10-11-12-13-14-15-16-17-18(2)26-21(25)19(22)20(23)24/h17,19,22H,3-16H2,1-2H3,(H,23,24)/b18-17-. The van der Waals surface area contributed by atoms with Gasteiger partial charge in [0.1, 0.15) is 5.76 Å². The normalized spacial score (nSPS) is 12.8. The van der Waals surface area contributed by atoms with Crippen molar-refractivity contribution in [2.24, 2.45) is 0 Å². The van der Waals surface area contributed by atoms with Gasteiger partial charge >= 0.3 is 11.9 Å². The van der Waals surface area contributed by atoms with E-state index in [0.29, 0.717) is 5.76 Å². The molecule has 0 aromatic carbocycles. The van der Waals surface area contributed by atoms with Crippen LogP contribution in [0.3, 0.4) is 0 Å². The molecule has 1 unspecified atom stereocenters.